The van der Waals surface area contributed by atoms with Gasteiger partial charge < -0.3 is 10.1 Å². The van der Waals surface area contributed by atoms with Gasteiger partial charge in [0.25, 0.3) is 0 Å². The molecule has 0 spiro atoms. The molecule has 0 saturated carbocycles. The molecular formula is C18H29NOS. The Morgan fingerprint density at radius 1 is 1.33 bits per heavy atom. The van der Waals surface area contributed by atoms with Crippen molar-refractivity contribution in [1.82, 2.24) is 5.32 Å². The largest absolute Gasteiger partial charge is 0.378 e. The predicted octanol–water partition coefficient (Wildman–Crippen LogP) is 4.63. The zero-order valence-corrected chi connectivity index (χ0v) is 14.5. The summed E-state index contributed by atoms with van der Waals surface area (Å²) in [4.78, 5) is 1.38. The molecule has 0 radical (unpaired) electrons. The summed E-state index contributed by atoms with van der Waals surface area (Å²) in [6, 6.07) is 8.91. The van der Waals surface area contributed by atoms with Crippen molar-refractivity contribution in [3.8, 4) is 0 Å². The fraction of sp³-hybridized carbons (Fsp3) is 0.667. The molecule has 1 N–H and O–H groups in total. The molecule has 1 heterocycles. The molecule has 0 bridgehead atoms. The quantitative estimate of drug-likeness (QED) is 0.586. The van der Waals surface area contributed by atoms with E-state index in [2.05, 4.69) is 50.4 Å². The Bertz CT molecular complexity index is 421. The van der Waals surface area contributed by atoms with E-state index in [-0.39, 0.29) is 5.54 Å². The summed E-state index contributed by atoms with van der Waals surface area (Å²) < 4.78 is 5.67. The molecule has 3 heteroatoms. The molecule has 118 valence electrons. The second-order valence-corrected chi connectivity index (χ2v) is 8.05. The lowest BCUT2D eigenvalue weighted by atomic mass is 10.1. The van der Waals surface area contributed by atoms with Crippen LogP contribution in [-0.2, 0) is 11.3 Å². The zero-order chi connectivity index (χ0) is 15.1. The Labute approximate surface area is 134 Å². The fourth-order valence-corrected chi connectivity index (χ4v) is 3.44. The van der Waals surface area contributed by atoms with Crippen molar-refractivity contribution in [2.75, 3.05) is 12.4 Å². The lowest BCUT2D eigenvalue weighted by Gasteiger charge is -2.20. The average Bonchev–Trinajstić information content (AvgIpc) is 2.94. The highest BCUT2D eigenvalue weighted by atomic mass is 32.2. The zero-order valence-electron chi connectivity index (χ0n) is 13.7. The number of benzene rings is 1. The van der Waals surface area contributed by atoms with Gasteiger partial charge in [-0.15, -0.1) is 11.8 Å². The van der Waals surface area contributed by atoms with Gasteiger partial charge in [-0.05, 0) is 69.9 Å². The maximum absolute atomic E-state index is 5.67. The number of ether oxygens (including phenoxy) is 1. The van der Waals surface area contributed by atoms with Gasteiger partial charge >= 0.3 is 0 Å². The summed E-state index contributed by atoms with van der Waals surface area (Å²) in [6.45, 7) is 8.53. The first kappa shape index (κ1) is 16.9. The standard InChI is InChI=1S/C18H29NOS/c1-18(2,3)19-14-15-7-4-10-17(13-15)21-12-6-9-16-8-5-11-20-16/h4,7,10,13,16,19H,5-6,8-9,11-12,14H2,1-3H3. The number of hydrogen-bond acceptors (Lipinski definition) is 3. The van der Waals surface area contributed by atoms with E-state index in [4.69, 9.17) is 4.74 Å². The van der Waals surface area contributed by atoms with Crippen molar-refractivity contribution in [3.05, 3.63) is 29.8 Å². The third-order valence-corrected chi connectivity index (χ3v) is 4.76. The molecule has 1 saturated heterocycles. The van der Waals surface area contributed by atoms with Crippen LogP contribution in [0.1, 0.15) is 52.0 Å². The van der Waals surface area contributed by atoms with E-state index in [9.17, 15) is 0 Å². The summed E-state index contributed by atoms with van der Waals surface area (Å²) in [5, 5.41) is 3.54. The van der Waals surface area contributed by atoms with Crippen LogP contribution >= 0.6 is 11.8 Å². The summed E-state index contributed by atoms with van der Waals surface area (Å²) in [6.07, 6.45) is 5.52. The van der Waals surface area contributed by atoms with Gasteiger partial charge in [-0.1, -0.05) is 12.1 Å². The lowest BCUT2D eigenvalue weighted by Crippen LogP contribution is -2.35. The SMILES string of the molecule is CC(C)(C)NCc1cccc(SCCCC2CCCO2)c1. The number of thioether (sulfide) groups is 1. The van der Waals surface area contributed by atoms with Gasteiger partial charge in [-0.2, -0.15) is 0 Å². The summed E-state index contributed by atoms with van der Waals surface area (Å²) in [5.41, 5.74) is 1.54. The van der Waals surface area contributed by atoms with Gasteiger partial charge in [-0.25, -0.2) is 0 Å². The Balaban J connectivity index is 1.70. The van der Waals surface area contributed by atoms with Gasteiger partial charge in [0.05, 0.1) is 6.10 Å². The van der Waals surface area contributed by atoms with Crippen molar-refractivity contribution in [3.63, 3.8) is 0 Å². The van der Waals surface area contributed by atoms with Gasteiger partial charge in [0.2, 0.25) is 0 Å². The maximum atomic E-state index is 5.67. The molecule has 2 nitrogen and oxygen atoms in total. The monoisotopic (exact) mass is 307 g/mol. The molecule has 0 aromatic heterocycles. The van der Waals surface area contributed by atoms with Gasteiger partial charge in [0.15, 0.2) is 0 Å². The van der Waals surface area contributed by atoms with Crippen molar-refractivity contribution in [2.45, 2.75) is 69.5 Å². The van der Waals surface area contributed by atoms with E-state index < -0.39 is 0 Å². The molecule has 2 rings (SSSR count). The average molecular weight is 308 g/mol. The van der Waals surface area contributed by atoms with Crippen LogP contribution in [0.3, 0.4) is 0 Å². The van der Waals surface area contributed by atoms with Crippen molar-refractivity contribution >= 4 is 11.8 Å². The van der Waals surface area contributed by atoms with Crippen LogP contribution in [0.5, 0.6) is 0 Å². The van der Waals surface area contributed by atoms with Crippen LogP contribution in [0.2, 0.25) is 0 Å². The van der Waals surface area contributed by atoms with Gasteiger partial charge in [-0.3, -0.25) is 0 Å². The first-order valence-corrected chi connectivity index (χ1v) is 9.10. The molecule has 1 aromatic rings. The summed E-state index contributed by atoms with van der Waals surface area (Å²) in [7, 11) is 0. The Morgan fingerprint density at radius 2 is 2.19 bits per heavy atom. The van der Waals surface area contributed by atoms with Gasteiger partial charge in [0.1, 0.15) is 0 Å². The minimum absolute atomic E-state index is 0.171. The Kier molecular flexibility index (Phi) is 6.59. The van der Waals surface area contributed by atoms with Crippen LogP contribution in [0.25, 0.3) is 0 Å². The molecule has 1 aliphatic heterocycles. The molecule has 1 aromatic carbocycles. The third kappa shape index (κ3) is 6.86. The first-order chi connectivity index (χ1) is 10.0. The molecule has 0 amide bonds. The number of hydrogen-bond donors (Lipinski definition) is 1. The van der Waals surface area contributed by atoms with E-state index in [1.807, 2.05) is 11.8 Å². The number of rotatable bonds is 7. The van der Waals surface area contributed by atoms with Crippen molar-refractivity contribution in [2.24, 2.45) is 0 Å². The molecule has 1 unspecified atom stereocenters. The van der Waals surface area contributed by atoms with Crippen LogP contribution < -0.4 is 5.32 Å². The molecule has 1 fully saturated rings. The van der Waals surface area contributed by atoms with Gasteiger partial charge in [0, 0.05) is 23.6 Å². The highest BCUT2D eigenvalue weighted by molar-refractivity contribution is 7.99. The summed E-state index contributed by atoms with van der Waals surface area (Å²) >= 11 is 1.97. The third-order valence-electron chi connectivity index (χ3n) is 3.68. The number of nitrogens with one attached hydrogen (secondary N) is 1. The molecule has 1 aliphatic rings. The van der Waals surface area contributed by atoms with Crippen LogP contribution in [0, 0.1) is 0 Å². The highest BCUT2D eigenvalue weighted by Crippen LogP contribution is 2.23. The fourth-order valence-electron chi connectivity index (χ4n) is 2.49. The second-order valence-electron chi connectivity index (χ2n) is 6.88. The topological polar surface area (TPSA) is 21.3 Å². The van der Waals surface area contributed by atoms with E-state index in [0.717, 1.165) is 13.2 Å². The lowest BCUT2D eigenvalue weighted by molar-refractivity contribution is 0.104. The van der Waals surface area contributed by atoms with Crippen molar-refractivity contribution in [1.29, 1.82) is 0 Å². The van der Waals surface area contributed by atoms with Crippen LogP contribution in [0.4, 0.5) is 0 Å². The Hall–Kier alpha value is -0.510. The minimum Gasteiger partial charge on any atom is -0.378 e. The highest BCUT2D eigenvalue weighted by Gasteiger charge is 2.14. The van der Waals surface area contributed by atoms with Crippen LogP contribution in [0.15, 0.2) is 29.2 Å². The van der Waals surface area contributed by atoms with E-state index >= 15 is 0 Å². The summed E-state index contributed by atoms with van der Waals surface area (Å²) in [5.74, 6) is 1.19. The smallest absolute Gasteiger partial charge is 0.0576 e. The van der Waals surface area contributed by atoms with Crippen LogP contribution in [-0.4, -0.2) is 24.0 Å². The van der Waals surface area contributed by atoms with Crippen molar-refractivity contribution < 1.29 is 4.74 Å². The van der Waals surface area contributed by atoms with E-state index in [1.54, 1.807) is 0 Å². The predicted molar refractivity (Wildman–Crippen MR) is 92.0 cm³/mol. The Morgan fingerprint density at radius 3 is 2.90 bits per heavy atom. The first-order valence-electron chi connectivity index (χ1n) is 8.11. The van der Waals surface area contributed by atoms with E-state index in [0.29, 0.717) is 6.10 Å². The molecule has 0 aliphatic carbocycles. The molecule has 1 atom stereocenters. The maximum Gasteiger partial charge on any atom is 0.0576 e. The second kappa shape index (κ2) is 8.21. The van der Waals surface area contributed by atoms with E-state index in [1.165, 1.54) is 41.9 Å². The minimum atomic E-state index is 0.171. The molecular weight excluding hydrogens is 278 g/mol. The molecule has 21 heavy (non-hydrogen) atoms. The normalized spacial score (nSPS) is 19.1.